The molecule has 12 aromatic carbocycles. The number of carbonyl (C=O) groups is 4. The zero-order valence-corrected chi connectivity index (χ0v) is 55.9. The quantitative estimate of drug-likeness (QED) is 0.0384. The van der Waals surface area contributed by atoms with Crippen LogP contribution < -0.4 is 18.9 Å². The summed E-state index contributed by atoms with van der Waals surface area (Å²) in [5.74, 6) is -2.96. The molecule has 0 unspecified atom stereocenters. The highest BCUT2D eigenvalue weighted by Crippen LogP contribution is 2.44. The average molecular weight is 1350 g/mol. The van der Waals surface area contributed by atoms with E-state index in [4.69, 9.17) is 18.9 Å². The molecule has 1 aliphatic rings. The lowest BCUT2D eigenvalue weighted by atomic mass is 9.86. The van der Waals surface area contributed by atoms with Gasteiger partial charge in [-0.2, -0.15) is 21.0 Å². The molecule has 0 atom stereocenters. The van der Waals surface area contributed by atoms with Gasteiger partial charge < -0.3 is 18.9 Å². The monoisotopic (exact) mass is 1350 g/mol. The van der Waals surface area contributed by atoms with E-state index in [0.717, 1.165) is 0 Å². The van der Waals surface area contributed by atoms with E-state index in [-0.39, 0.29) is 93.2 Å². The minimum absolute atomic E-state index is 0.0196. The molecular weight excluding hydrogens is 1290 g/mol. The second kappa shape index (κ2) is 32.0. The van der Waals surface area contributed by atoms with E-state index in [1.807, 2.05) is 121 Å². The van der Waals surface area contributed by atoms with E-state index in [9.17, 15) is 21.0 Å². The van der Waals surface area contributed by atoms with Crippen LogP contribution in [0.25, 0.3) is 46.6 Å². The fourth-order valence-corrected chi connectivity index (χ4v) is 12.5. The van der Waals surface area contributed by atoms with E-state index in [1.54, 1.807) is 194 Å². The van der Waals surface area contributed by atoms with Crippen molar-refractivity contribution < 1.29 is 38.1 Å². The van der Waals surface area contributed by atoms with Crippen LogP contribution in [-0.4, -0.2) is 23.9 Å². The Morgan fingerprint density at radius 1 is 0.231 bits per heavy atom. The van der Waals surface area contributed by atoms with Gasteiger partial charge in [-0.1, -0.05) is 194 Å². The summed E-state index contributed by atoms with van der Waals surface area (Å²) in [5.41, 5.74) is 8.17. The Balaban J connectivity index is 1.20. The molecule has 0 N–H and O–H groups in total. The highest BCUT2D eigenvalue weighted by atomic mass is 16.5. The molecule has 8 bridgehead atoms. The summed E-state index contributed by atoms with van der Waals surface area (Å²) in [6, 6.07) is 94.5. The summed E-state index contributed by atoms with van der Waals surface area (Å²) in [6.07, 6.45) is 5.96. The summed E-state index contributed by atoms with van der Waals surface area (Å²) < 4.78 is 27.3. The minimum atomic E-state index is -0.758. The molecule has 0 spiro atoms. The summed E-state index contributed by atoms with van der Waals surface area (Å²) in [7, 11) is 0. The Morgan fingerprint density at radius 2 is 0.385 bits per heavy atom. The lowest BCUT2D eigenvalue weighted by Crippen LogP contribution is -2.16. The smallest absolute Gasteiger partial charge is 0.343 e. The van der Waals surface area contributed by atoms with Crippen molar-refractivity contribution in [1.82, 2.24) is 0 Å². The maximum Gasteiger partial charge on any atom is 0.343 e. The zero-order chi connectivity index (χ0) is 71.7. The molecule has 0 saturated heterocycles. The van der Waals surface area contributed by atoms with E-state index >= 15 is 19.2 Å². The Hall–Kier alpha value is -14.6. The number of fused-ring (bicyclic) bond motifs is 8. The van der Waals surface area contributed by atoms with Crippen LogP contribution in [-0.2, 0) is 25.7 Å². The lowest BCUT2D eigenvalue weighted by molar-refractivity contribution is 0.0722. The van der Waals surface area contributed by atoms with Crippen LogP contribution in [0.5, 0.6) is 23.0 Å². The predicted octanol–water partition coefficient (Wildman–Crippen LogP) is 19.5. The Kier molecular flexibility index (Phi) is 20.9. The molecule has 12 nitrogen and oxygen atoms in total. The van der Waals surface area contributed by atoms with Gasteiger partial charge in [-0.05, 0) is 166 Å². The van der Waals surface area contributed by atoms with Crippen molar-refractivity contribution >= 4 is 70.5 Å². The second-order valence-electron chi connectivity index (χ2n) is 24.5. The van der Waals surface area contributed by atoms with E-state index in [2.05, 4.69) is 24.3 Å². The maximum absolute atomic E-state index is 15.2. The van der Waals surface area contributed by atoms with Gasteiger partial charge in [0.25, 0.3) is 0 Å². The van der Waals surface area contributed by atoms with Gasteiger partial charge in [0, 0.05) is 70.2 Å². The summed E-state index contributed by atoms with van der Waals surface area (Å²) in [5, 5.41) is 45.7. The van der Waals surface area contributed by atoms with Crippen LogP contribution in [0.1, 0.15) is 130 Å². The van der Waals surface area contributed by atoms with Gasteiger partial charge in [-0.15, -0.1) is 0 Å². The number of hydrogen-bond acceptors (Lipinski definition) is 12. The highest BCUT2D eigenvalue weighted by molar-refractivity contribution is 5.98. The molecule has 12 heteroatoms. The standard InChI is InChI=1S/C92H60N4O8/c93-57-81(41-61-25-9-1-10-26-61)69-45-73-53-75-47-70(82(58-94)42-62-27-11-2-12-28-62)49-77(86(75)102-90(98)66-35-19-6-20-36-66)55-79-51-72(84(60-96)44-64-31-15-4-16-32-64)52-80(88(79)104-92(100)68-39-23-8-24-40-68)56-78-50-71(83(59-95)43-63-29-13-3-14-30-63)48-76(87(78)103-91(99)67-37-21-7-22-38-67)54-74(46-69)85(73)101-89(97)65-33-17-5-18-34-65/h1-52H,53-56H2/b81-41+,82-42+,83-43+,84-44+. The van der Waals surface area contributed by atoms with E-state index in [1.165, 1.54) is 0 Å². The lowest BCUT2D eigenvalue weighted by Gasteiger charge is -2.24. The van der Waals surface area contributed by atoms with Crippen molar-refractivity contribution in [3.05, 3.63) is 402 Å². The summed E-state index contributed by atoms with van der Waals surface area (Å²) in [6.45, 7) is 0. The molecular formula is C92H60N4O8. The molecule has 496 valence electrons. The van der Waals surface area contributed by atoms with Crippen molar-refractivity contribution in [2.75, 3.05) is 0 Å². The van der Waals surface area contributed by atoms with Crippen molar-refractivity contribution in [1.29, 1.82) is 21.0 Å². The number of ether oxygens (including phenoxy) is 4. The van der Waals surface area contributed by atoms with Crippen molar-refractivity contribution in [3.8, 4) is 47.3 Å². The normalized spacial score (nSPS) is 12.0. The number of esters is 4. The highest BCUT2D eigenvalue weighted by Gasteiger charge is 2.30. The fourth-order valence-electron chi connectivity index (χ4n) is 12.5. The van der Waals surface area contributed by atoms with Crippen LogP contribution in [0.4, 0.5) is 0 Å². The molecule has 0 heterocycles. The fraction of sp³-hybridized carbons (Fsp3) is 0.0435. The number of rotatable bonds is 16. The summed E-state index contributed by atoms with van der Waals surface area (Å²) in [4.78, 5) is 60.6. The molecule has 0 aromatic heterocycles. The number of nitriles is 4. The van der Waals surface area contributed by atoms with Crippen LogP contribution in [0.3, 0.4) is 0 Å². The molecule has 0 amide bonds. The van der Waals surface area contributed by atoms with Gasteiger partial charge in [0.15, 0.2) is 0 Å². The van der Waals surface area contributed by atoms with E-state index < -0.39 is 23.9 Å². The number of benzene rings is 12. The van der Waals surface area contributed by atoms with Gasteiger partial charge in [0.05, 0.1) is 68.8 Å². The zero-order valence-electron chi connectivity index (χ0n) is 55.9. The van der Waals surface area contributed by atoms with Crippen molar-refractivity contribution in [2.24, 2.45) is 0 Å². The van der Waals surface area contributed by atoms with Crippen LogP contribution in [0.2, 0.25) is 0 Å². The first-order valence-corrected chi connectivity index (χ1v) is 33.4. The first kappa shape index (κ1) is 68.0. The molecule has 0 aliphatic heterocycles. The third-order valence-electron chi connectivity index (χ3n) is 17.5. The minimum Gasteiger partial charge on any atom is -0.422 e. The maximum atomic E-state index is 15.2. The first-order valence-electron chi connectivity index (χ1n) is 33.4. The second-order valence-corrected chi connectivity index (χ2v) is 24.5. The first-order chi connectivity index (χ1) is 51.0. The Bertz CT molecular complexity index is 4780. The predicted molar refractivity (Wildman–Crippen MR) is 402 cm³/mol. The number of allylic oxidation sites excluding steroid dienone is 4. The third-order valence-corrected chi connectivity index (χ3v) is 17.5. The molecule has 0 fully saturated rings. The van der Waals surface area contributed by atoms with Gasteiger partial charge in [0.2, 0.25) is 0 Å². The van der Waals surface area contributed by atoms with Crippen LogP contribution >= 0.6 is 0 Å². The number of hydrogen-bond donors (Lipinski definition) is 0. The van der Waals surface area contributed by atoms with Crippen molar-refractivity contribution in [2.45, 2.75) is 25.7 Å². The topological polar surface area (TPSA) is 200 Å². The average Bonchev–Trinajstić information content (AvgIpc) is 0.764. The molecule has 104 heavy (non-hydrogen) atoms. The largest absolute Gasteiger partial charge is 0.422 e. The third kappa shape index (κ3) is 16.1. The Labute approximate surface area is 601 Å². The van der Waals surface area contributed by atoms with Crippen LogP contribution in [0.15, 0.2) is 291 Å². The molecule has 13 rings (SSSR count). The SMILES string of the molecule is N#C/C(=C\c1ccccc1)c1cc2c(OC(=O)c3ccccc3)c(c1)Cc1cc(/C(C#N)=C/c3ccccc3)cc(c1OC(=O)c1ccccc1)Cc1cc(/C(C#N)=C/c3ccccc3)cc(c1OC(=O)c1ccccc1)Cc1cc(/C(C#N)=C/c3ccccc3)cc(c1OC(=O)c1ccccc1)C2. The molecule has 0 saturated carbocycles. The van der Waals surface area contributed by atoms with Crippen molar-refractivity contribution in [3.63, 3.8) is 0 Å². The van der Waals surface area contributed by atoms with E-state index in [0.29, 0.717) is 89.0 Å². The van der Waals surface area contributed by atoms with Gasteiger partial charge in [-0.3, -0.25) is 0 Å². The number of nitrogens with zero attached hydrogens (tertiary/aromatic N) is 4. The molecule has 0 radical (unpaired) electrons. The molecule has 12 aromatic rings. The van der Waals surface area contributed by atoms with Gasteiger partial charge in [0.1, 0.15) is 23.0 Å². The van der Waals surface area contributed by atoms with Gasteiger partial charge >= 0.3 is 23.9 Å². The number of carbonyl (C=O) groups excluding carboxylic acids is 4. The summed E-state index contributed by atoms with van der Waals surface area (Å²) >= 11 is 0. The van der Waals surface area contributed by atoms with Gasteiger partial charge in [-0.25, -0.2) is 19.2 Å². The van der Waals surface area contributed by atoms with Crippen LogP contribution in [0, 0.1) is 45.3 Å². The Morgan fingerprint density at radius 3 is 0.538 bits per heavy atom. The molecule has 1 aliphatic carbocycles.